The number of rotatable bonds is 5. The van der Waals surface area contributed by atoms with Crippen molar-refractivity contribution in [1.82, 2.24) is 4.98 Å². The molecule has 0 atom stereocenters. The molecule has 0 aliphatic heterocycles. The molecule has 1 fully saturated rings. The summed E-state index contributed by atoms with van der Waals surface area (Å²) in [5.74, 6) is 0.0920. The highest BCUT2D eigenvalue weighted by Crippen LogP contribution is 2.38. The van der Waals surface area contributed by atoms with E-state index in [4.69, 9.17) is 4.74 Å². The van der Waals surface area contributed by atoms with Gasteiger partial charge < -0.3 is 15.2 Å². The molecule has 1 aliphatic carbocycles. The zero-order valence-electron chi connectivity index (χ0n) is 9.77. The molecule has 5 nitrogen and oxygen atoms in total. The van der Waals surface area contributed by atoms with Gasteiger partial charge in [-0.1, -0.05) is 0 Å². The van der Waals surface area contributed by atoms with Crippen molar-refractivity contribution in [2.75, 3.05) is 18.5 Å². The number of carbonyl (C=O) groups excluding carboxylic acids is 1. The summed E-state index contributed by atoms with van der Waals surface area (Å²) in [5.41, 5.74) is 0.115. The Balaban J connectivity index is 2.19. The number of aliphatic hydroxyl groups is 1. The molecule has 0 radical (unpaired) electrons. The molecule has 0 aromatic carbocycles. The van der Waals surface area contributed by atoms with Crippen LogP contribution in [0.2, 0.25) is 0 Å². The van der Waals surface area contributed by atoms with Crippen molar-refractivity contribution in [3.63, 3.8) is 0 Å². The number of pyridine rings is 1. The van der Waals surface area contributed by atoms with Crippen LogP contribution in [-0.2, 0) is 4.74 Å². The highest BCUT2D eigenvalue weighted by Gasteiger charge is 2.43. The topological polar surface area (TPSA) is 71.5 Å². The lowest BCUT2D eigenvalue weighted by molar-refractivity contribution is 0.0527. The zero-order valence-corrected chi connectivity index (χ0v) is 9.77. The van der Waals surface area contributed by atoms with E-state index in [-0.39, 0.29) is 12.1 Å². The van der Waals surface area contributed by atoms with Gasteiger partial charge in [-0.2, -0.15) is 0 Å². The predicted octanol–water partition coefficient (Wildman–Crippen LogP) is 1.20. The van der Waals surface area contributed by atoms with Gasteiger partial charge in [-0.05, 0) is 31.9 Å². The van der Waals surface area contributed by atoms with Gasteiger partial charge in [-0.15, -0.1) is 0 Å². The van der Waals surface area contributed by atoms with Crippen LogP contribution in [0.5, 0.6) is 0 Å². The molecular weight excluding hydrogens is 220 g/mol. The second-order valence-corrected chi connectivity index (χ2v) is 4.18. The minimum absolute atomic E-state index is 0.0475. The van der Waals surface area contributed by atoms with Gasteiger partial charge in [0.2, 0.25) is 0 Å². The molecule has 2 N–H and O–H groups in total. The molecular formula is C12H16N2O3. The summed E-state index contributed by atoms with van der Waals surface area (Å²) in [5, 5.41) is 12.4. The predicted molar refractivity (Wildman–Crippen MR) is 62.9 cm³/mol. The number of aliphatic hydroxyl groups excluding tert-OH is 1. The summed E-state index contributed by atoms with van der Waals surface area (Å²) in [7, 11) is 0. The van der Waals surface area contributed by atoms with E-state index >= 15 is 0 Å². The number of carbonyl (C=O) groups is 1. The molecule has 5 heteroatoms. The molecule has 0 amide bonds. The summed E-state index contributed by atoms with van der Waals surface area (Å²) in [6, 6.07) is 3.36. The summed E-state index contributed by atoms with van der Waals surface area (Å²) >= 11 is 0. The number of anilines is 1. The van der Waals surface area contributed by atoms with Crippen LogP contribution in [-0.4, -0.2) is 34.8 Å². The Morgan fingerprint density at radius 3 is 3.00 bits per heavy atom. The maximum absolute atomic E-state index is 11.7. The minimum atomic E-state index is -0.392. The van der Waals surface area contributed by atoms with E-state index in [1.54, 1.807) is 25.3 Å². The van der Waals surface area contributed by atoms with Crippen LogP contribution >= 0.6 is 0 Å². The summed E-state index contributed by atoms with van der Waals surface area (Å²) in [6.07, 6.45) is 3.39. The number of hydrogen-bond acceptors (Lipinski definition) is 5. The fourth-order valence-electron chi connectivity index (χ4n) is 1.60. The van der Waals surface area contributed by atoms with Gasteiger partial charge in [0.25, 0.3) is 0 Å². The first kappa shape index (κ1) is 11.9. The zero-order chi connectivity index (χ0) is 12.3. The van der Waals surface area contributed by atoms with Crippen LogP contribution in [0.4, 0.5) is 5.82 Å². The number of esters is 1. The van der Waals surface area contributed by atoms with Crippen molar-refractivity contribution in [3.05, 3.63) is 23.9 Å². The normalized spacial score (nSPS) is 16.4. The molecule has 1 aromatic rings. The third-order valence-corrected chi connectivity index (χ3v) is 2.84. The van der Waals surface area contributed by atoms with E-state index in [2.05, 4.69) is 10.3 Å². The van der Waals surface area contributed by atoms with Crippen LogP contribution in [0.3, 0.4) is 0 Å². The summed E-state index contributed by atoms with van der Waals surface area (Å²) in [4.78, 5) is 15.8. The molecule has 0 unspecified atom stereocenters. The van der Waals surface area contributed by atoms with E-state index in [1.807, 2.05) is 0 Å². The lowest BCUT2D eigenvalue weighted by Gasteiger charge is -2.16. The molecule has 1 heterocycles. The second-order valence-electron chi connectivity index (χ2n) is 4.18. The minimum Gasteiger partial charge on any atom is -0.462 e. The second kappa shape index (κ2) is 4.71. The van der Waals surface area contributed by atoms with Gasteiger partial charge in [0.05, 0.1) is 18.8 Å². The van der Waals surface area contributed by atoms with E-state index in [9.17, 15) is 9.90 Å². The molecule has 17 heavy (non-hydrogen) atoms. The number of nitrogens with zero attached hydrogens (tertiary/aromatic N) is 1. The maximum Gasteiger partial charge on any atom is 0.341 e. The van der Waals surface area contributed by atoms with E-state index in [0.717, 1.165) is 12.8 Å². The number of ether oxygens (including phenoxy) is 1. The Hall–Kier alpha value is -1.62. The average Bonchev–Trinajstić information content (AvgIpc) is 3.10. The van der Waals surface area contributed by atoms with Gasteiger partial charge in [0, 0.05) is 6.20 Å². The van der Waals surface area contributed by atoms with Crippen LogP contribution in [0.1, 0.15) is 30.1 Å². The van der Waals surface area contributed by atoms with Crippen molar-refractivity contribution in [2.45, 2.75) is 25.3 Å². The Bertz CT molecular complexity index is 416. The lowest BCUT2D eigenvalue weighted by atomic mass is 10.2. The summed E-state index contributed by atoms with van der Waals surface area (Å²) in [6.45, 7) is 2.14. The molecule has 0 saturated heterocycles. The number of aromatic nitrogens is 1. The van der Waals surface area contributed by atoms with Gasteiger partial charge in [0.15, 0.2) is 0 Å². The Morgan fingerprint density at radius 1 is 1.65 bits per heavy atom. The molecule has 0 spiro atoms. The number of nitrogens with one attached hydrogen (secondary N) is 1. The molecule has 2 rings (SSSR count). The fraction of sp³-hybridized carbons (Fsp3) is 0.500. The van der Waals surface area contributed by atoms with Crippen molar-refractivity contribution in [2.24, 2.45) is 0 Å². The van der Waals surface area contributed by atoms with Gasteiger partial charge in [-0.25, -0.2) is 9.78 Å². The van der Waals surface area contributed by atoms with E-state index in [0.29, 0.717) is 18.0 Å². The van der Waals surface area contributed by atoms with Crippen LogP contribution in [0.15, 0.2) is 18.3 Å². The van der Waals surface area contributed by atoms with Crippen LogP contribution in [0.25, 0.3) is 0 Å². The summed E-state index contributed by atoms with van der Waals surface area (Å²) < 4.78 is 4.96. The van der Waals surface area contributed by atoms with Crippen molar-refractivity contribution in [1.29, 1.82) is 0 Å². The smallest absolute Gasteiger partial charge is 0.341 e. The first-order chi connectivity index (χ1) is 8.21. The Kier molecular flexibility index (Phi) is 3.28. The average molecular weight is 236 g/mol. The first-order valence-corrected chi connectivity index (χ1v) is 5.72. The van der Waals surface area contributed by atoms with Crippen molar-refractivity contribution in [3.8, 4) is 0 Å². The molecule has 1 aliphatic rings. The van der Waals surface area contributed by atoms with Gasteiger partial charge >= 0.3 is 5.97 Å². The molecule has 92 valence electrons. The largest absolute Gasteiger partial charge is 0.462 e. The standard InChI is InChI=1S/C12H16N2O3/c1-2-17-11(16)9-4-3-7-13-10(9)14-12(8-15)5-6-12/h3-4,7,15H,2,5-6,8H2,1H3,(H,13,14). The molecule has 1 aromatic heterocycles. The quantitative estimate of drug-likeness (QED) is 0.751. The lowest BCUT2D eigenvalue weighted by Crippen LogP contribution is -2.27. The number of hydrogen-bond donors (Lipinski definition) is 2. The van der Waals surface area contributed by atoms with Gasteiger partial charge in [-0.3, -0.25) is 0 Å². The van der Waals surface area contributed by atoms with Crippen LogP contribution < -0.4 is 5.32 Å². The Morgan fingerprint density at radius 2 is 2.41 bits per heavy atom. The van der Waals surface area contributed by atoms with Gasteiger partial charge in [0.1, 0.15) is 11.4 Å². The fourth-order valence-corrected chi connectivity index (χ4v) is 1.60. The third-order valence-electron chi connectivity index (χ3n) is 2.84. The highest BCUT2D eigenvalue weighted by molar-refractivity contribution is 5.94. The first-order valence-electron chi connectivity index (χ1n) is 5.72. The maximum atomic E-state index is 11.7. The van der Waals surface area contributed by atoms with Crippen molar-refractivity contribution >= 4 is 11.8 Å². The monoisotopic (exact) mass is 236 g/mol. The SMILES string of the molecule is CCOC(=O)c1cccnc1NC1(CO)CC1. The highest BCUT2D eigenvalue weighted by atomic mass is 16.5. The Labute approximate surface area is 99.8 Å². The third kappa shape index (κ3) is 2.55. The van der Waals surface area contributed by atoms with Crippen LogP contribution in [0, 0.1) is 0 Å². The molecule has 0 bridgehead atoms. The van der Waals surface area contributed by atoms with Crippen molar-refractivity contribution < 1.29 is 14.6 Å². The van der Waals surface area contributed by atoms with E-state index in [1.165, 1.54) is 0 Å². The van der Waals surface area contributed by atoms with E-state index < -0.39 is 5.97 Å². The molecule has 1 saturated carbocycles.